The lowest BCUT2D eigenvalue weighted by Gasteiger charge is -2.23. The molecule has 0 saturated carbocycles. The van der Waals surface area contributed by atoms with E-state index in [9.17, 15) is 8.42 Å². The number of rotatable bonds is 5. The molecule has 3 aromatic rings. The molecule has 6 heteroatoms. The van der Waals surface area contributed by atoms with Gasteiger partial charge in [-0.25, -0.2) is 12.4 Å². The third-order valence-corrected chi connectivity index (χ3v) is 7.13. The Morgan fingerprint density at radius 2 is 1.74 bits per heavy atom. The number of nitrogens with zero attached hydrogens (tertiary/aromatic N) is 2. The van der Waals surface area contributed by atoms with Gasteiger partial charge in [0.25, 0.3) is 10.0 Å². The third kappa shape index (κ3) is 3.13. The highest BCUT2D eigenvalue weighted by molar-refractivity contribution is 7.90. The van der Waals surface area contributed by atoms with Crippen LogP contribution in [-0.2, 0) is 10.0 Å². The summed E-state index contributed by atoms with van der Waals surface area (Å²) in [6.45, 7) is 4.24. The van der Waals surface area contributed by atoms with E-state index >= 15 is 0 Å². The minimum absolute atomic E-state index is 0.148. The molecule has 0 bridgehead atoms. The summed E-state index contributed by atoms with van der Waals surface area (Å²) in [5.41, 5.74) is 1.70. The molecule has 4 rings (SSSR count). The third-order valence-electron chi connectivity index (χ3n) is 5.45. The number of ether oxygens (including phenoxy) is 1. The molecule has 0 N–H and O–H groups in total. The first kappa shape index (κ1) is 18.1. The zero-order chi connectivity index (χ0) is 19.0. The molecule has 2 heterocycles. The molecule has 0 aliphatic carbocycles. The number of benzene rings is 2. The largest absolute Gasteiger partial charge is 0.497 e. The van der Waals surface area contributed by atoms with Crippen LogP contribution in [0.4, 0.5) is 0 Å². The van der Waals surface area contributed by atoms with Gasteiger partial charge in [0, 0.05) is 17.6 Å². The van der Waals surface area contributed by atoms with Crippen LogP contribution in [0.3, 0.4) is 0 Å². The highest BCUT2D eigenvalue weighted by Crippen LogP contribution is 2.35. The smallest absolute Gasteiger partial charge is 0.268 e. The predicted octanol–water partition coefficient (Wildman–Crippen LogP) is 4.04. The summed E-state index contributed by atoms with van der Waals surface area (Å²) in [4.78, 5) is 2.70. The normalized spacial score (nSPS) is 16.7. The van der Waals surface area contributed by atoms with Crippen molar-refractivity contribution in [2.24, 2.45) is 0 Å². The average molecular weight is 385 g/mol. The molecule has 5 nitrogen and oxygen atoms in total. The van der Waals surface area contributed by atoms with Crippen LogP contribution in [0.1, 0.15) is 31.4 Å². The Hall–Kier alpha value is -2.31. The molecule has 1 atom stereocenters. The van der Waals surface area contributed by atoms with Crippen molar-refractivity contribution in [1.29, 1.82) is 0 Å². The minimum atomic E-state index is -3.66. The first-order valence-electron chi connectivity index (χ1n) is 9.26. The van der Waals surface area contributed by atoms with Gasteiger partial charge in [-0.3, -0.25) is 4.90 Å². The van der Waals surface area contributed by atoms with Crippen molar-refractivity contribution in [3.63, 3.8) is 0 Å². The van der Waals surface area contributed by atoms with E-state index in [0.29, 0.717) is 5.52 Å². The van der Waals surface area contributed by atoms with Crippen LogP contribution in [0.15, 0.2) is 59.6 Å². The van der Waals surface area contributed by atoms with Crippen molar-refractivity contribution in [3.05, 3.63) is 60.3 Å². The number of hydrogen-bond acceptors (Lipinski definition) is 4. The Labute approximate surface area is 160 Å². The number of fused-ring (bicyclic) bond motifs is 1. The summed E-state index contributed by atoms with van der Waals surface area (Å²) >= 11 is 0. The summed E-state index contributed by atoms with van der Waals surface area (Å²) in [5, 5.41) is 0.924. The van der Waals surface area contributed by atoms with E-state index in [1.165, 1.54) is 16.8 Å². The summed E-state index contributed by atoms with van der Waals surface area (Å²) in [6, 6.07) is 14.3. The summed E-state index contributed by atoms with van der Waals surface area (Å²) < 4.78 is 33.4. The van der Waals surface area contributed by atoms with Crippen LogP contribution in [-0.4, -0.2) is 37.5 Å². The molecule has 0 spiro atoms. The van der Waals surface area contributed by atoms with Gasteiger partial charge in [-0.15, -0.1) is 0 Å². The van der Waals surface area contributed by atoms with Crippen molar-refractivity contribution >= 4 is 20.9 Å². The van der Waals surface area contributed by atoms with Gasteiger partial charge in [-0.1, -0.05) is 18.2 Å². The van der Waals surface area contributed by atoms with Gasteiger partial charge in [0.15, 0.2) is 0 Å². The number of methoxy groups -OCH3 is 1. The Morgan fingerprint density at radius 1 is 1.04 bits per heavy atom. The topological polar surface area (TPSA) is 51.5 Å². The van der Waals surface area contributed by atoms with E-state index in [4.69, 9.17) is 4.74 Å². The molecule has 1 aliphatic rings. The monoisotopic (exact) mass is 384 g/mol. The van der Waals surface area contributed by atoms with E-state index < -0.39 is 10.0 Å². The minimum Gasteiger partial charge on any atom is -0.497 e. The van der Waals surface area contributed by atoms with Crippen molar-refractivity contribution in [2.45, 2.75) is 30.7 Å². The molecule has 2 aromatic carbocycles. The second-order valence-corrected chi connectivity index (χ2v) is 8.82. The van der Waals surface area contributed by atoms with Crippen LogP contribution in [0.2, 0.25) is 0 Å². The molecule has 1 saturated heterocycles. The average Bonchev–Trinajstić information content (AvgIpc) is 3.36. The first-order chi connectivity index (χ1) is 13.0. The SMILES string of the molecule is COc1ccc2c(c1)c(C(C)N1CCCC1)cn2S(=O)(=O)c1ccccc1. The molecule has 1 aliphatic heterocycles. The van der Waals surface area contributed by atoms with Crippen molar-refractivity contribution < 1.29 is 13.2 Å². The maximum absolute atomic E-state index is 13.3. The van der Waals surface area contributed by atoms with E-state index in [-0.39, 0.29) is 10.9 Å². The fraction of sp³-hybridized carbons (Fsp3) is 0.333. The fourth-order valence-electron chi connectivity index (χ4n) is 3.89. The second-order valence-electron chi connectivity index (χ2n) is 7.00. The van der Waals surface area contributed by atoms with Crippen molar-refractivity contribution in [2.75, 3.05) is 20.2 Å². The van der Waals surface area contributed by atoms with Crippen LogP contribution >= 0.6 is 0 Å². The lowest BCUT2D eigenvalue weighted by Crippen LogP contribution is -2.23. The Morgan fingerprint density at radius 3 is 2.41 bits per heavy atom. The molecule has 27 heavy (non-hydrogen) atoms. The molecule has 1 aromatic heterocycles. The second kappa shape index (κ2) is 7.02. The Balaban J connectivity index is 1.91. The predicted molar refractivity (Wildman–Crippen MR) is 107 cm³/mol. The molecular weight excluding hydrogens is 360 g/mol. The quantitative estimate of drug-likeness (QED) is 0.666. The van der Waals surface area contributed by atoms with E-state index in [2.05, 4.69) is 11.8 Å². The Kier molecular flexibility index (Phi) is 4.70. The van der Waals surface area contributed by atoms with E-state index in [1.807, 2.05) is 24.3 Å². The summed E-state index contributed by atoms with van der Waals surface area (Å²) in [5.74, 6) is 0.729. The van der Waals surface area contributed by atoms with Crippen LogP contribution in [0, 0.1) is 0 Å². The summed E-state index contributed by atoms with van der Waals surface area (Å²) in [6.07, 6.45) is 4.17. The maximum Gasteiger partial charge on any atom is 0.268 e. The van der Waals surface area contributed by atoms with Crippen LogP contribution in [0.25, 0.3) is 10.9 Å². The molecule has 0 radical (unpaired) electrons. The van der Waals surface area contributed by atoms with Gasteiger partial charge in [0.05, 0.1) is 17.5 Å². The molecular formula is C21H24N2O3S. The van der Waals surface area contributed by atoms with Gasteiger partial charge in [0.1, 0.15) is 5.75 Å². The summed E-state index contributed by atoms with van der Waals surface area (Å²) in [7, 11) is -2.04. The van der Waals surface area contributed by atoms with Crippen LogP contribution < -0.4 is 4.74 Å². The molecule has 1 fully saturated rings. The lowest BCUT2D eigenvalue weighted by molar-refractivity contribution is 0.264. The maximum atomic E-state index is 13.3. The Bertz CT molecular complexity index is 1050. The van der Waals surface area contributed by atoms with Crippen LogP contribution in [0.5, 0.6) is 5.75 Å². The zero-order valence-corrected chi connectivity index (χ0v) is 16.4. The number of likely N-dealkylation sites (tertiary alicyclic amines) is 1. The standard InChI is InChI=1S/C21H24N2O3S/c1-16(22-12-6-7-13-22)20-15-23(21-11-10-17(26-2)14-19(20)21)27(24,25)18-8-4-3-5-9-18/h3-5,8-11,14-16H,6-7,12-13H2,1-2H3. The van der Waals surface area contributed by atoms with Crippen molar-refractivity contribution in [3.8, 4) is 5.75 Å². The molecule has 1 unspecified atom stereocenters. The van der Waals surface area contributed by atoms with Crippen molar-refractivity contribution in [1.82, 2.24) is 8.87 Å². The van der Waals surface area contributed by atoms with E-state index in [1.54, 1.807) is 37.6 Å². The fourth-order valence-corrected chi connectivity index (χ4v) is 5.29. The van der Waals surface area contributed by atoms with Gasteiger partial charge >= 0.3 is 0 Å². The van der Waals surface area contributed by atoms with E-state index in [0.717, 1.165) is 29.8 Å². The van der Waals surface area contributed by atoms with Gasteiger partial charge in [0.2, 0.25) is 0 Å². The number of aromatic nitrogens is 1. The van der Waals surface area contributed by atoms with Gasteiger partial charge < -0.3 is 4.74 Å². The highest BCUT2D eigenvalue weighted by Gasteiger charge is 2.27. The number of hydrogen-bond donors (Lipinski definition) is 0. The van der Waals surface area contributed by atoms with Gasteiger partial charge in [-0.05, 0) is 68.8 Å². The zero-order valence-electron chi connectivity index (χ0n) is 15.6. The van der Waals surface area contributed by atoms with Gasteiger partial charge in [-0.2, -0.15) is 0 Å². The highest BCUT2D eigenvalue weighted by atomic mass is 32.2. The lowest BCUT2D eigenvalue weighted by atomic mass is 10.1. The molecule has 0 amide bonds. The molecule has 142 valence electrons. The first-order valence-corrected chi connectivity index (χ1v) is 10.7.